The predicted molar refractivity (Wildman–Crippen MR) is 118 cm³/mol. The van der Waals surface area contributed by atoms with E-state index in [0.29, 0.717) is 18.8 Å². The number of aromatic amines is 1. The minimum atomic E-state index is -0.276. The van der Waals surface area contributed by atoms with E-state index in [-0.39, 0.29) is 11.6 Å². The maximum absolute atomic E-state index is 12.8. The Kier molecular flexibility index (Phi) is 5.88. The first-order chi connectivity index (χ1) is 15.1. The highest BCUT2D eigenvalue weighted by atomic mass is 16.2. The van der Waals surface area contributed by atoms with E-state index in [4.69, 9.17) is 0 Å². The number of H-pyrrole nitrogens is 1. The second-order valence-electron chi connectivity index (χ2n) is 7.33. The highest BCUT2D eigenvalue weighted by Crippen LogP contribution is 2.29. The van der Waals surface area contributed by atoms with Gasteiger partial charge in [0.15, 0.2) is 0 Å². The predicted octanol–water partition coefficient (Wildman–Crippen LogP) is 3.55. The number of nitrogens with one attached hydrogen (secondary N) is 1. The van der Waals surface area contributed by atoms with Crippen LogP contribution in [0.15, 0.2) is 59.5 Å². The number of aromatic nitrogens is 6. The minimum absolute atomic E-state index is 0.186. The molecule has 0 aliphatic carbocycles. The van der Waals surface area contributed by atoms with Crippen molar-refractivity contribution in [3.05, 3.63) is 76.5 Å². The van der Waals surface area contributed by atoms with Gasteiger partial charge in [0.1, 0.15) is 0 Å². The van der Waals surface area contributed by atoms with Gasteiger partial charge in [0.05, 0.1) is 6.54 Å². The number of benzene rings is 2. The molecule has 4 rings (SSSR count). The zero-order valence-electron chi connectivity index (χ0n) is 17.6. The van der Waals surface area contributed by atoms with Gasteiger partial charge in [0.2, 0.25) is 11.7 Å². The summed E-state index contributed by atoms with van der Waals surface area (Å²) in [6.07, 6.45) is 3.63. The van der Waals surface area contributed by atoms with Crippen molar-refractivity contribution in [3.63, 3.8) is 0 Å². The van der Waals surface area contributed by atoms with E-state index in [0.717, 1.165) is 40.8 Å². The molecular weight excluding hydrogens is 392 g/mol. The van der Waals surface area contributed by atoms with Crippen LogP contribution in [0, 0.1) is 0 Å². The van der Waals surface area contributed by atoms with Gasteiger partial charge in [-0.25, -0.2) is 9.36 Å². The lowest BCUT2D eigenvalue weighted by atomic mass is 9.98. The summed E-state index contributed by atoms with van der Waals surface area (Å²) in [5, 5.41) is 14.3. The van der Waals surface area contributed by atoms with Crippen LogP contribution in [-0.2, 0) is 13.0 Å². The van der Waals surface area contributed by atoms with Crippen molar-refractivity contribution < 1.29 is 4.79 Å². The number of hydrogen-bond acceptors (Lipinski definition) is 5. The quantitative estimate of drug-likeness (QED) is 0.497. The largest absolute Gasteiger partial charge is 0.335 e. The highest BCUT2D eigenvalue weighted by Gasteiger charge is 2.15. The van der Waals surface area contributed by atoms with Gasteiger partial charge in [-0.15, -0.1) is 10.2 Å². The van der Waals surface area contributed by atoms with E-state index >= 15 is 0 Å². The third kappa shape index (κ3) is 4.09. The number of hydrogen-bond donors (Lipinski definition) is 1. The Balaban J connectivity index is 1.65. The van der Waals surface area contributed by atoms with E-state index in [1.54, 1.807) is 17.7 Å². The molecule has 0 radical (unpaired) electrons. The summed E-state index contributed by atoms with van der Waals surface area (Å²) in [6, 6.07) is 15.9. The van der Waals surface area contributed by atoms with Crippen LogP contribution in [0.25, 0.3) is 22.5 Å². The van der Waals surface area contributed by atoms with Gasteiger partial charge in [0, 0.05) is 23.9 Å². The summed E-state index contributed by atoms with van der Waals surface area (Å²) in [7, 11) is 0. The van der Waals surface area contributed by atoms with E-state index in [9.17, 15) is 9.59 Å². The number of aryl methyl sites for hydroxylation is 1. The fraction of sp³-hybridized carbons (Fsp3) is 0.261. The Morgan fingerprint density at radius 2 is 1.77 bits per heavy atom. The number of carbonyl (C=O) groups is 1. The molecule has 31 heavy (non-hydrogen) atoms. The molecule has 0 unspecified atom stereocenters. The maximum atomic E-state index is 12.8. The molecule has 0 saturated heterocycles. The molecule has 158 valence electrons. The lowest BCUT2D eigenvalue weighted by molar-refractivity contribution is 0.0904. The van der Waals surface area contributed by atoms with Crippen molar-refractivity contribution in [2.75, 3.05) is 0 Å². The molecule has 2 aromatic heterocycles. The molecule has 0 fully saturated rings. The standard InChI is InChI=1S/C23H24N6O2/c1-3-7-18-15-29(21(30)4-2)23(31)28(18)14-16-10-12-17(13-11-16)19-8-5-6-9-20(19)22-24-26-27-25-22/h5-6,8-13,15H,3-4,7,14H2,1-2H3,(H,24,25,26,27). The van der Waals surface area contributed by atoms with E-state index in [1.807, 2.05) is 48.5 Å². The van der Waals surface area contributed by atoms with Gasteiger partial charge in [-0.2, -0.15) is 5.21 Å². The fourth-order valence-electron chi connectivity index (χ4n) is 3.68. The summed E-state index contributed by atoms with van der Waals surface area (Å²) < 4.78 is 2.93. The first kappa shape index (κ1) is 20.5. The summed E-state index contributed by atoms with van der Waals surface area (Å²) >= 11 is 0. The van der Waals surface area contributed by atoms with Crippen LogP contribution < -0.4 is 5.69 Å². The summed E-state index contributed by atoms with van der Waals surface area (Å²) in [6.45, 7) is 4.24. The Labute approximate surface area is 179 Å². The third-order valence-electron chi connectivity index (χ3n) is 5.26. The zero-order chi connectivity index (χ0) is 21.8. The van der Waals surface area contributed by atoms with Crippen LogP contribution in [0.4, 0.5) is 0 Å². The smallest absolute Gasteiger partial charge is 0.292 e. The molecule has 0 atom stereocenters. The van der Waals surface area contributed by atoms with Crippen LogP contribution in [0.5, 0.6) is 0 Å². The van der Waals surface area contributed by atoms with E-state index in [1.165, 1.54) is 4.57 Å². The number of tetrazole rings is 1. The molecule has 0 amide bonds. The summed E-state index contributed by atoms with van der Waals surface area (Å²) in [5.74, 6) is 0.354. The average molecular weight is 416 g/mol. The molecule has 2 heterocycles. The lowest BCUT2D eigenvalue weighted by Gasteiger charge is -2.10. The van der Waals surface area contributed by atoms with Crippen LogP contribution in [0.3, 0.4) is 0 Å². The van der Waals surface area contributed by atoms with Crippen LogP contribution in [-0.4, -0.2) is 35.7 Å². The van der Waals surface area contributed by atoms with Crippen LogP contribution >= 0.6 is 0 Å². The Morgan fingerprint density at radius 3 is 2.42 bits per heavy atom. The molecule has 0 saturated carbocycles. The number of imidazole rings is 1. The normalized spacial score (nSPS) is 11.0. The van der Waals surface area contributed by atoms with Crippen LogP contribution in [0.1, 0.15) is 42.7 Å². The number of carbonyl (C=O) groups excluding carboxylic acids is 1. The highest BCUT2D eigenvalue weighted by molar-refractivity contribution is 5.80. The average Bonchev–Trinajstić information content (AvgIpc) is 3.44. The van der Waals surface area contributed by atoms with Crippen LogP contribution in [0.2, 0.25) is 0 Å². The molecule has 0 bridgehead atoms. The van der Waals surface area contributed by atoms with Crippen molar-refractivity contribution >= 4 is 5.91 Å². The molecule has 8 nitrogen and oxygen atoms in total. The zero-order valence-corrected chi connectivity index (χ0v) is 17.6. The molecule has 8 heteroatoms. The van der Waals surface area contributed by atoms with Crippen molar-refractivity contribution in [3.8, 4) is 22.5 Å². The van der Waals surface area contributed by atoms with Crippen molar-refractivity contribution in [1.82, 2.24) is 29.8 Å². The Bertz CT molecular complexity index is 1240. The molecular formula is C23H24N6O2. The van der Waals surface area contributed by atoms with Gasteiger partial charge in [-0.3, -0.25) is 9.36 Å². The first-order valence-corrected chi connectivity index (χ1v) is 10.4. The molecule has 0 spiro atoms. The molecule has 1 N–H and O–H groups in total. The molecule has 4 aromatic rings. The van der Waals surface area contributed by atoms with Crippen molar-refractivity contribution in [1.29, 1.82) is 0 Å². The second kappa shape index (κ2) is 8.91. The summed E-state index contributed by atoms with van der Waals surface area (Å²) in [5.41, 5.74) is 4.49. The third-order valence-corrected chi connectivity index (χ3v) is 5.26. The minimum Gasteiger partial charge on any atom is -0.292 e. The molecule has 0 aliphatic heterocycles. The monoisotopic (exact) mass is 416 g/mol. The topological polar surface area (TPSA) is 98.5 Å². The maximum Gasteiger partial charge on any atom is 0.335 e. The lowest BCUT2D eigenvalue weighted by Crippen LogP contribution is -2.29. The van der Waals surface area contributed by atoms with Gasteiger partial charge in [-0.1, -0.05) is 68.8 Å². The SMILES string of the molecule is CCCc1cn(C(=O)CC)c(=O)n1Cc1ccc(-c2ccccc2-c2nn[nH]n2)cc1. The number of rotatable bonds is 7. The van der Waals surface area contributed by atoms with Gasteiger partial charge in [-0.05, 0) is 28.3 Å². The van der Waals surface area contributed by atoms with Crippen molar-refractivity contribution in [2.45, 2.75) is 39.7 Å². The Hall–Kier alpha value is -3.81. The molecule has 2 aromatic carbocycles. The second-order valence-corrected chi connectivity index (χ2v) is 7.33. The van der Waals surface area contributed by atoms with Gasteiger partial charge < -0.3 is 0 Å². The van der Waals surface area contributed by atoms with Gasteiger partial charge in [0.25, 0.3) is 0 Å². The van der Waals surface area contributed by atoms with E-state index in [2.05, 4.69) is 27.5 Å². The van der Waals surface area contributed by atoms with Crippen molar-refractivity contribution in [2.24, 2.45) is 0 Å². The summed E-state index contributed by atoms with van der Waals surface area (Å²) in [4.78, 5) is 24.9. The van der Waals surface area contributed by atoms with Gasteiger partial charge >= 0.3 is 5.69 Å². The molecule has 0 aliphatic rings. The Morgan fingerprint density at radius 1 is 1.03 bits per heavy atom. The first-order valence-electron chi connectivity index (χ1n) is 10.4. The fourth-order valence-corrected chi connectivity index (χ4v) is 3.68. The number of nitrogens with zero attached hydrogens (tertiary/aromatic N) is 5. The van der Waals surface area contributed by atoms with E-state index < -0.39 is 0 Å².